The molecule has 1 fully saturated rings. The van der Waals surface area contributed by atoms with Gasteiger partial charge in [0.2, 0.25) is 5.91 Å². The minimum absolute atomic E-state index is 0.0299. The van der Waals surface area contributed by atoms with E-state index in [2.05, 4.69) is 0 Å². The van der Waals surface area contributed by atoms with Crippen LogP contribution in [0.2, 0.25) is 0 Å². The minimum Gasteiger partial charge on any atom is -0.396 e. The molecule has 0 aromatic carbocycles. The Hall–Kier alpha value is -1.62. The third-order valence-corrected chi connectivity index (χ3v) is 4.22. The standard InChI is InChI=1S/C15H22N2O3/c1-12-4-3-7-17(14(12)20)10-13(19)16-8-5-15(2,11-18)6-9-16/h3-4,7,18H,5-6,8-11H2,1-2H3. The number of hydrogen-bond donors (Lipinski definition) is 1. The van der Waals surface area contributed by atoms with E-state index >= 15 is 0 Å². The van der Waals surface area contributed by atoms with Crippen molar-refractivity contribution >= 4 is 5.91 Å². The van der Waals surface area contributed by atoms with E-state index in [9.17, 15) is 14.7 Å². The summed E-state index contributed by atoms with van der Waals surface area (Å²) in [7, 11) is 0. The van der Waals surface area contributed by atoms with E-state index < -0.39 is 0 Å². The first-order valence-corrected chi connectivity index (χ1v) is 7.00. The Kier molecular flexibility index (Phi) is 4.28. The predicted molar refractivity (Wildman–Crippen MR) is 76.4 cm³/mol. The maximum absolute atomic E-state index is 12.2. The number of likely N-dealkylation sites (tertiary alicyclic amines) is 1. The smallest absolute Gasteiger partial charge is 0.253 e. The highest BCUT2D eigenvalue weighted by Gasteiger charge is 2.31. The normalized spacial score (nSPS) is 18.1. The summed E-state index contributed by atoms with van der Waals surface area (Å²) >= 11 is 0. The van der Waals surface area contributed by atoms with Crippen molar-refractivity contribution in [1.29, 1.82) is 0 Å². The zero-order chi connectivity index (χ0) is 14.8. The van der Waals surface area contributed by atoms with Crippen LogP contribution >= 0.6 is 0 Å². The first kappa shape index (κ1) is 14.8. The number of nitrogens with zero attached hydrogens (tertiary/aromatic N) is 2. The molecule has 1 aromatic heterocycles. The Labute approximate surface area is 118 Å². The first-order chi connectivity index (χ1) is 9.45. The summed E-state index contributed by atoms with van der Waals surface area (Å²) in [5, 5.41) is 9.33. The van der Waals surface area contributed by atoms with Gasteiger partial charge in [0.25, 0.3) is 5.56 Å². The van der Waals surface area contributed by atoms with E-state index in [0.29, 0.717) is 18.7 Å². The van der Waals surface area contributed by atoms with E-state index in [-0.39, 0.29) is 30.0 Å². The second kappa shape index (κ2) is 5.79. The third kappa shape index (κ3) is 3.10. The number of piperidine rings is 1. The van der Waals surface area contributed by atoms with Crippen LogP contribution in [0.3, 0.4) is 0 Å². The summed E-state index contributed by atoms with van der Waals surface area (Å²) in [6, 6.07) is 3.53. The highest BCUT2D eigenvalue weighted by molar-refractivity contribution is 5.76. The average molecular weight is 278 g/mol. The van der Waals surface area contributed by atoms with Crippen molar-refractivity contribution in [2.45, 2.75) is 33.2 Å². The van der Waals surface area contributed by atoms with Gasteiger partial charge < -0.3 is 14.6 Å². The van der Waals surface area contributed by atoms with Gasteiger partial charge in [-0.3, -0.25) is 9.59 Å². The van der Waals surface area contributed by atoms with Crippen molar-refractivity contribution in [1.82, 2.24) is 9.47 Å². The molecule has 110 valence electrons. The van der Waals surface area contributed by atoms with E-state index in [1.807, 2.05) is 6.92 Å². The fourth-order valence-electron chi connectivity index (χ4n) is 2.48. The number of carbonyl (C=O) groups is 1. The lowest BCUT2D eigenvalue weighted by Gasteiger charge is -2.38. The molecular formula is C15H22N2O3. The predicted octanol–water partition coefficient (Wildman–Crippen LogP) is 0.778. The van der Waals surface area contributed by atoms with Crippen molar-refractivity contribution < 1.29 is 9.90 Å². The maximum Gasteiger partial charge on any atom is 0.253 e. The summed E-state index contributed by atoms with van der Waals surface area (Å²) in [6.45, 7) is 5.34. The molecule has 0 spiro atoms. The summed E-state index contributed by atoms with van der Waals surface area (Å²) in [5.74, 6) is -0.0299. The second-order valence-electron chi connectivity index (χ2n) is 5.97. The number of aromatic nitrogens is 1. The third-order valence-electron chi connectivity index (χ3n) is 4.22. The van der Waals surface area contributed by atoms with Gasteiger partial charge in [0.15, 0.2) is 0 Å². The molecule has 0 saturated carbocycles. The molecule has 20 heavy (non-hydrogen) atoms. The quantitative estimate of drug-likeness (QED) is 0.888. The van der Waals surface area contributed by atoms with Crippen molar-refractivity contribution in [2.24, 2.45) is 5.41 Å². The van der Waals surface area contributed by atoms with Gasteiger partial charge in [-0.25, -0.2) is 0 Å². The maximum atomic E-state index is 12.2. The Bertz CT molecular complexity index is 542. The Balaban J connectivity index is 2.00. The van der Waals surface area contributed by atoms with Gasteiger partial charge in [0.1, 0.15) is 6.54 Å². The van der Waals surface area contributed by atoms with Crippen LogP contribution in [-0.4, -0.2) is 40.2 Å². The van der Waals surface area contributed by atoms with E-state index in [4.69, 9.17) is 0 Å². The van der Waals surface area contributed by atoms with Crippen molar-refractivity contribution in [2.75, 3.05) is 19.7 Å². The number of amides is 1. The van der Waals surface area contributed by atoms with E-state index in [0.717, 1.165) is 12.8 Å². The number of aliphatic hydroxyl groups is 1. The number of hydrogen-bond acceptors (Lipinski definition) is 3. The minimum atomic E-state index is -0.113. The largest absolute Gasteiger partial charge is 0.396 e. The average Bonchev–Trinajstić information content (AvgIpc) is 2.44. The molecule has 2 rings (SSSR count). The van der Waals surface area contributed by atoms with Gasteiger partial charge >= 0.3 is 0 Å². The van der Waals surface area contributed by atoms with Crippen LogP contribution < -0.4 is 5.56 Å². The topological polar surface area (TPSA) is 62.5 Å². The number of rotatable bonds is 3. The fourth-order valence-corrected chi connectivity index (χ4v) is 2.48. The zero-order valence-corrected chi connectivity index (χ0v) is 12.1. The van der Waals surface area contributed by atoms with Gasteiger partial charge in [-0.1, -0.05) is 13.0 Å². The highest BCUT2D eigenvalue weighted by atomic mass is 16.3. The number of pyridine rings is 1. The molecule has 0 bridgehead atoms. The van der Waals surface area contributed by atoms with E-state index in [1.54, 1.807) is 30.2 Å². The van der Waals surface area contributed by atoms with Gasteiger partial charge in [-0.2, -0.15) is 0 Å². The van der Waals surface area contributed by atoms with Crippen LogP contribution in [0.4, 0.5) is 0 Å². The summed E-state index contributed by atoms with van der Waals surface area (Å²) < 4.78 is 1.46. The van der Waals surface area contributed by atoms with Crippen LogP contribution in [0.15, 0.2) is 23.1 Å². The molecule has 5 heteroatoms. The summed E-state index contributed by atoms with van der Waals surface area (Å²) in [5.41, 5.74) is 0.460. The van der Waals surface area contributed by atoms with Crippen LogP contribution in [0.5, 0.6) is 0 Å². The molecule has 0 aliphatic carbocycles. The molecule has 1 amide bonds. The van der Waals surface area contributed by atoms with Crippen LogP contribution in [0.1, 0.15) is 25.3 Å². The van der Waals surface area contributed by atoms with Gasteiger partial charge in [-0.05, 0) is 31.2 Å². The lowest BCUT2D eigenvalue weighted by Crippen LogP contribution is -2.45. The Morgan fingerprint density at radius 2 is 2.05 bits per heavy atom. The Morgan fingerprint density at radius 3 is 2.65 bits per heavy atom. The molecule has 1 aromatic rings. The van der Waals surface area contributed by atoms with Gasteiger partial charge in [-0.15, -0.1) is 0 Å². The van der Waals surface area contributed by atoms with Crippen molar-refractivity contribution in [3.63, 3.8) is 0 Å². The van der Waals surface area contributed by atoms with Gasteiger partial charge in [0, 0.05) is 31.5 Å². The molecule has 5 nitrogen and oxygen atoms in total. The summed E-state index contributed by atoms with van der Waals surface area (Å²) in [4.78, 5) is 25.9. The summed E-state index contributed by atoms with van der Waals surface area (Å²) in [6.07, 6.45) is 3.25. The van der Waals surface area contributed by atoms with Crippen LogP contribution in [0, 0.1) is 12.3 Å². The molecule has 0 unspecified atom stereocenters. The van der Waals surface area contributed by atoms with Crippen molar-refractivity contribution in [3.05, 3.63) is 34.2 Å². The molecule has 2 heterocycles. The number of carbonyl (C=O) groups excluding carboxylic acids is 1. The second-order valence-corrected chi connectivity index (χ2v) is 5.97. The lowest BCUT2D eigenvalue weighted by molar-refractivity contribution is -0.134. The number of aliphatic hydroxyl groups excluding tert-OH is 1. The fraction of sp³-hybridized carbons (Fsp3) is 0.600. The monoisotopic (exact) mass is 278 g/mol. The van der Waals surface area contributed by atoms with Gasteiger partial charge in [0.05, 0.1) is 0 Å². The first-order valence-electron chi connectivity index (χ1n) is 7.00. The van der Waals surface area contributed by atoms with Crippen LogP contribution in [0.25, 0.3) is 0 Å². The molecule has 1 aliphatic heterocycles. The molecule has 1 aliphatic rings. The molecule has 1 saturated heterocycles. The zero-order valence-electron chi connectivity index (χ0n) is 12.1. The van der Waals surface area contributed by atoms with E-state index in [1.165, 1.54) is 4.57 Å². The molecule has 0 atom stereocenters. The van der Waals surface area contributed by atoms with Crippen LogP contribution in [-0.2, 0) is 11.3 Å². The highest BCUT2D eigenvalue weighted by Crippen LogP contribution is 2.29. The lowest BCUT2D eigenvalue weighted by atomic mass is 9.81. The number of aryl methyl sites for hydroxylation is 1. The molecule has 1 N–H and O–H groups in total. The molecule has 0 radical (unpaired) electrons. The Morgan fingerprint density at radius 1 is 1.40 bits per heavy atom. The SMILES string of the molecule is Cc1cccn(CC(=O)N2CCC(C)(CO)CC2)c1=O. The van der Waals surface area contributed by atoms with Crippen molar-refractivity contribution in [3.8, 4) is 0 Å². The molecular weight excluding hydrogens is 256 g/mol.